The molecule has 0 radical (unpaired) electrons. The van der Waals surface area contributed by atoms with Gasteiger partial charge in [-0.25, -0.2) is 4.98 Å². The first kappa shape index (κ1) is 13.3. The van der Waals surface area contributed by atoms with Crippen LogP contribution in [0.2, 0.25) is 0 Å². The third kappa shape index (κ3) is 2.83. The molecule has 1 aromatic heterocycles. The van der Waals surface area contributed by atoms with Crippen LogP contribution in [0.15, 0.2) is 18.3 Å². The summed E-state index contributed by atoms with van der Waals surface area (Å²) in [5.74, 6) is 1.75. The minimum absolute atomic E-state index is 0.439. The number of nitrogens with zero attached hydrogens (tertiary/aromatic N) is 2. The fourth-order valence-electron chi connectivity index (χ4n) is 2.90. The Bertz CT molecular complexity index is 375. The van der Waals surface area contributed by atoms with Crippen LogP contribution in [0.1, 0.15) is 51.2 Å². The van der Waals surface area contributed by atoms with Gasteiger partial charge in [-0.3, -0.25) is 0 Å². The smallest absolute Gasteiger partial charge is 0.128 e. The Morgan fingerprint density at radius 3 is 2.61 bits per heavy atom. The van der Waals surface area contributed by atoms with Crippen molar-refractivity contribution < 1.29 is 5.11 Å². The van der Waals surface area contributed by atoms with Crippen LogP contribution in [-0.2, 0) is 0 Å². The Balaban J connectivity index is 2.10. The monoisotopic (exact) mass is 248 g/mol. The zero-order valence-electron chi connectivity index (χ0n) is 11.6. The summed E-state index contributed by atoms with van der Waals surface area (Å²) < 4.78 is 0. The molecule has 0 saturated heterocycles. The molecular weight excluding hydrogens is 224 g/mol. The summed E-state index contributed by atoms with van der Waals surface area (Å²) in [5, 5.41) is 9.49. The quantitative estimate of drug-likeness (QED) is 0.892. The molecule has 1 N–H and O–H groups in total. The first-order valence-corrected chi connectivity index (χ1v) is 6.96. The highest BCUT2D eigenvalue weighted by Gasteiger charge is 2.25. The molecule has 18 heavy (non-hydrogen) atoms. The molecule has 0 spiro atoms. The lowest BCUT2D eigenvalue weighted by Crippen LogP contribution is -2.39. The fourth-order valence-corrected chi connectivity index (χ4v) is 2.90. The molecule has 0 amide bonds. The summed E-state index contributed by atoms with van der Waals surface area (Å²) in [5.41, 5.74) is 0.879. The maximum Gasteiger partial charge on any atom is 0.128 e. The van der Waals surface area contributed by atoms with E-state index in [4.69, 9.17) is 0 Å². The highest BCUT2D eigenvalue weighted by molar-refractivity contribution is 5.40. The molecule has 3 nitrogen and oxygen atoms in total. The third-order valence-electron chi connectivity index (χ3n) is 4.18. The highest BCUT2D eigenvalue weighted by Crippen LogP contribution is 2.29. The zero-order chi connectivity index (χ0) is 13.1. The minimum Gasteiger partial charge on any atom is -0.389 e. The molecule has 100 valence electrons. The van der Waals surface area contributed by atoms with E-state index in [0.717, 1.165) is 17.3 Å². The first-order chi connectivity index (χ1) is 8.59. The standard InChI is InChI=1S/C15H24N2O/c1-11-6-4-5-7-14(11)17(3)15-9-8-13(10-16-15)12(2)18/h8-12,14,18H,4-7H2,1-3H3/t11?,12-,14?/m0/s1. The number of hydrogen-bond donors (Lipinski definition) is 1. The lowest BCUT2D eigenvalue weighted by Gasteiger charge is -2.37. The van der Waals surface area contributed by atoms with Crippen LogP contribution in [0.25, 0.3) is 0 Å². The van der Waals surface area contributed by atoms with E-state index in [-0.39, 0.29) is 0 Å². The average molecular weight is 248 g/mol. The molecular formula is C15H24N2O. The molecule has 1 aromatic rings. The second-order valence-electron chi connectivity index (χ2n) is 5.57. The van der Waals surface area contributed by atoms with E-state index < -0.39 is 6.10 Å². The maximum absolute atomic E-state index is 9.49. The van der Waals surface area contributed by atoms with E-state index in [1.807, 2.05) is 12.1 Å². The second kappa shape index (κ2) is 5.70. The van der Waals surface area contributed by atoms with Gasteiger partial charge in [0, 0.05) is 19.3 Å². The molecule has 3 heteroatoms. The van der Waals surface area contributed by atoms with Crippen LogP contribution >= 0.6 is 0 Å². The molecule has 2 unspecified atom stereocenters. The van der Waals surface area contributed by atoms with Crippen LogP contribution < -0.4 is 4.90 Å². The topological polar surface area (TPSA) is 36.4 Å². The molecule has 2 rings (SSSR count). The van der Waals surface area contributed by atoms with Crippen molar-refractivity contribution in [2.24, 2.45) is 5.92 Å². The van der Waals surface area contributed by atoms with Crippen molar-refractivity contribution in [3.63, 3.8) is 0 Å². The van der Waals surface area contributed by atoms with E-state index in [1.165, 1.54) is 25.7 Å². The Labute approximate surface area is 110 Å². The van der Waals surface area contributed by atoms with Crippen LogP contribution in [0.5, 0.6) is 0 Å². The summed E-state index contributed by atoms with van der Waals surface area (Å²) in [6.45, 7) is 4.11. The number of rotatable bonds is 3. The van der Waals surface area contributed by atoms with Crippen LogP contribution in [0.4, 0.5) is 5.82 Å². The van der Waals surface area contributed by atoms with Crippen molar-refractivity contribution in [1.29, 1.82) is 0 Å². The van der Waals surface area contributed by atoms with Gasteiger partial charge in [0.2, 0.25) is 0 Å². The predicted octanol–water partition coefficient (Wildman–Crippen LogP) is 3.15. The van der Waals surface area contributed by atoms with Crippen molar-refractivity contribution in [2.45, 2.75) is 51.7 Å². The SMILES string of the molecule is CC1CCCCC1N(C)c1ccc([C@H](C)O)cn1. The summed E-state index contributed by atoms with van der Waals surface area (Å²) in [6.07, 6.45) is 6.61. The molecule has 1 heterocycles. The summed E-state index contributed by atoms with van der Waals surface area (Å²) in [7, 11) is 2.14. The number of anilines is 1. The van der Waals surface area contributed by atoms with Crippen LogP contribution in [0.3, 0.4) is 0 Å². The van der Waals surface area contributed by atoms with E-state index in [1.54, 1.807) is 13.1 Å². The highest BCUT2D eigenvalue weighted by atomic mass is 16.3. The van der Waals surface area contributed by atoms with Gasteiger partial charge in [-0.15, -0.1) is 0 Å². The van der Waals surface area contributed by atoms with Gasteiger partial charge in [0.25, 0.3) is 0 Å². The van der Waals surface area contributed by atoms with Gasteiger partial charge in [-0.2, -0.15) is 0 Å². The number of pyridine rings is 1. The zero-order valence-corrected chi connectivity index (χ0v) is 11.6. The summed E-state index contributed by atoms with van der Waals surface area (Å²) in [4.78, 5) is 6.78. The minimum atomic E-state index is -0.439. The van der Waals surface area contributed by atoms with Crippen molar-refractivity contribution >= 4 is 5.82 Å². The normalized spacial score (nSPS) is 25.8. The van der Waals surface area contributed by atoms with Gasteiger partial charge in [0.05, 0.1) is 6.10 Å². The second-order valence-corrected chi connectivity index (χ2v) is 5.57. The molecule has 3 atom stereocenters. The van der Waals surface area contributed by atoms with E-state index >= 15 is 0 Å². The van der Waals surface area contributed by atoms with Gasteiger partial charge in [0.15, 0.2) is 0 Å². The van der Waals surface area contributed by atoms with E-state index in [9.17, 15) is 5.11 Å². The molecule has 0 bridgehead atoms. The van der Waals surface area contributed by atoms with Crippen LogP contribution in [0, 0.1) is 5.92 Å². The van der Waals surface area contributed by atoms with Crippen LogP contribution in [-0.4, -0.2) is 23.2 Å². The summed E-state index contributed by atoms with van der Waals surface area (Å²) in [6, 6.07) is 4.59. The first-order valence-electron chi connectivity index (χ1n) is 6.96. The van der Waals surface area contributed by atoms with E-state index in [2.05, 4.69) is 23.9 Å². The summed E-state index contributed by atoms with van der Waals surface area (Å²) >= 11 is 0. The Morgan fingerprint density at radius 2 is 2.06 bits per heavy atom. The number of aliphatic hydroxyl groups is 1. The van der Waals surface area contributed by atoms with E-state index in [0.29, 0.717) is 6.04 Å². The van der Waals surface area contributed by atoms with Gasteiger partial charge in [0.1, 0.15) is 5.82 Å². The van der Waals surface area contributed by atoms with Gasteiger partial charge in [-0.1, -0.05) is 25.8 Å². The number of aromatic nitrogens is 1. The maximum atomic E-state index is 9.49. The largest absolute Gasteiger partial charge is 0.389 e. The number of aliphatic hydroxyl groups excluding tert-OH is 1. The molecule has 1 aliphatic rings. The fraction of sp³-hybridized carbons (Fsp3) is 0.667. The lowest BCUT2D eigenvalue weighted by atomic mass is 9.85. The molecule has 0 aliphatic heterocycles. The van der Waals surface area contributed by atoms with Crippen molar-refractivity contribution in [1.82, 2.24) is 4.98 Å². The third-order valence-corrected chi connectivity index (χ3v) is 4.18. The molecule has 1 saturated carbocycles. The Morgan fingerprint density at radius 1 is 1.33 bits per heavy atom. The van der Waals surface area contributed by atoms with Gasteiger partial charge in [-0.05, 0) is 37.3 Å². The molecule has 1 aliphatic carbocycles. The Kier molecular flexibility index (Phi) is 4.23. The van der Waals surface area contributed by atoms with Crippen molar-refractivity contribution in [3.8, 4) is 0 Å². The van der Waals surface area contributed by atoms with Gasteiger partial charge < -0.3 is 10.0 Å². The predicted molar refractivity (Wildman–Crippen MR) is 74.7 cm³/mol. The average Bonchev–Trinajstić information content (AvgIpc) is 2.38. The van der Waals surface area contributed by atoms with Gasteiger partial charge >= 0.3 is 0 Å². The Hall–Kier alpha value is -1.09. The molecule has 0 aromatic carbocycles. The molecule has 1 fully saturated rings. The lowest BCUT2D eigenvalue weighted by molar-refractivity contribution is 0.199. The number of hydrogen-bond acceptors (Lipinski definition) is 3. The van der Waals surface area contributed by atoms with Crippen molar-refractivity contribution in [2.75, 3.05) is 11.9 Å². The van der Waals surface area contributed by atoms with Crippen molar-refractivity contribution in [3.05, 3.63) is 23.9 Å².